The van der Waals surface area contributed by atoms with E-state index >= 15 is 0 Å². The van der Waals surface area contributed by atoms with Crippen molar-refractivity contribution in [2.45, 2.75) is 6.42 Å². The van der Waals surface area contributed by atoms with Crippen LogP contribution in [0.25, 0.3) is 0 Å². The largest absolute Gasteiger partial charge is 0.347 e. The maximum Gasteiger partial charge on any atom is 0.243 e. The molecule has 0 aliphatic rings. The van der Waals surface area contributed by atoms with E-state index in [9.17, 15) is 14.0 Å². The molecule has 0 radical (unpaired) electrons. The maximum absolute atomic E-state index is 13.6. The fourth-order valence-corrected chi connectivity index (χ4v) is 2.14. The SMILES string of the molecule is O=C(Cc1ccccc1)NCC(=O)Nc1ccc(Br)cc1F. The Morgan fingerprint density at radius 2 is 1.77 bits per heavy atom. The van der Waals surface area contributed by atoms with Gasteiger partial charge in [0, 0.05) is 4.47 Å². The van der Waals surface area contributed by atoms with Crippen molar-refractivity contribution in [3.63, 3.8) is 0 Å². The molecular formula is C16H14BrFN2O2. The van der Waals surface area contributed by atoms with E-state index in [0.29, 0.717) is 4.47 Å². The first-order valence-electron chi connectivity index (χ1n) is 6.60. The number of hydrogen-bond donors (Lipinski definition) is 2. The molecule has 0 bridgehead atoms. The van der Waals surface area contributed by atoms with E-state index in [-0.39, 0.29) is 24.6 Å². The van der Waals surface area contributed by atoms with Crippen molar-refractivity contribution in [1.82, 2.24) is 5.32 Å². The van der Waals surface area contributed by atoms with Crippen LogP contribution in [0.5, 0.6) is 0 Å². The molecule has 0 aliphatic heterocycles. The zero-order valence-electron chi connectivity index (χ0n) is 11.6. The second-order valence-corrected chi connectivity index (χ2v) is 5.53. The Labute approximate surface area is 135 Å². The monoisotopic (exact) mass is 364 g/mol. The number of amides is 2. The normalized spacial score (nSPS) is 10.1. The molecule has 22 heavy (non-hydrogen) atoms. The van der Waals surface area contributed by atoms with Crippen molar-refractivity contribution in [3.8, 4) is 0 Å². The van der Waals surface area contributed by atoms with Gasteiger partial charge in [-0.1, -0.05) is 46.3 Å². The molecular weight excluding hydrogens is 351 g/mol. The Balaban J connectivity index is 1.81. The first-order chi connectivity index (χ1) is 10.5. The number of hydrogen-bond acceptors (Lipinski definition) is 2. The van der Waals surface area contributed by atoms with Crippen LogP contribution in [0.3, 0.4) is 0 Å². The van der Waals surface area contributed by atoms with Gasteiger partial charge >= 0.3 is 0 Å². The summed E-state index contributed by atoms with van der Waals surface area (Å²) in [5.74, 6) is -1.29. The third-order valence-corrected chi connectivity index (χ3v) is 3.35. The average Bonchev–Trinajstić information content (AvgIpc) is 2.49. The number of carbonyl (C=O) groups is 2. The molecule has 4 nitrogen and oxygen atoms in total. The number of anilines is 1. The van der Waals surface area contributed by atoms with Gasteiger partial charge in [-0.25, -0.2) is 4.39 Å². The van der Waals surface area contributed by atoms with Crippen LogP contribution < -0.4 is 10.6 Å². The lowest BCUT2D eigenvalue weighted by Gasteiger charge is -2.08. The summed E-state index contributed by atoms with van der Waals surface area (Å²) in [5, 5.41) is 4.91. The van der Waals surface area contributed by atoms with Gasteiger partial charge in [0.1, 0.15) is 5.82 Å². The first kappa shape index (κ1) is 16.2. The van der Waals surface area contributed by atoms with E-state index in [4.69, 9.17) is 0 Å². The molecule has 2 aromatic rings. The van der Waals surface area contributed by atoms with Crippen LogP contribution >= 0.6 is 15.9 Å². The smallest absolute Gasteiger partial charge is 0.243 e. The second-order valence-electron chi connectivity index (χ2n) is 4.61. The molecule has 0 aromatic heterocycles. The molecule has 2 aromatic carbocycles. The predicted octanol–water partition coefficient (Wildman–Crippen LogP) is 2.89. The van der Waals surface area contributed by atoms with Gasteiger partial charge in [-0.3, -0.25) is 9.59 Å². The van der Waals surface area contributed by atoms with Gasteiger partial charge in [-0.2, -0.15) is 0 Å². The summed E-state index contributed by atoms with van der Waals surface area (Å²) in [7, 11) is 0. The molecule has 2 N–H and O–H groups in total. The van der Waals surface area contributed by atoms with Crippen LogP contribution in [0.4, 0.5) is 10.1 Å². The minimum atomic E-state index is -0.543. The lowest BCUT2D eigenvalue weighted by Crippen LogP contribution is -2.33. The topological polar surface area (TPSA) is 58.2 Å². The summed E-state index contributed by atoms with van der Waals surface area (Å²) in [6.07, 6.45) is 0.195. The highest BCUT2D eigenvalue weighted by atomic mass is 79.9. The number of halogens is 2. The van der Waals surface area contributed by atoms with Gasteiger partial charge in [-0.05, 0) is 23.8 Å². The third-order valence-electron chi connectivity index (χ3n) is 2.86. The number of nitrogens with one attached hydrogen (secondary N) is 2. The van der Waals surface area contributed by atoms with Crippen LogP contribution in [-0.2, 0) is 16.0 Å². The fourth-order valence-electron chi connectivity index (χ4n) is 1.81. The van der Waals surface area contributed by atoms with Gasteiger partial charge in [0.15, 0.2) is 0 Å². The molecule has 0 spiro atoms. The van der Waals surface area contributed by atoms with E-state index in [1.54, 1.807) is 6.07 Å². The highest BCUT2D eigenvalue weighted by Crippen LogP contribution is 2.19. The maximum atomic E-state index is 13.6. The fraction of sp³-hybridized carbons (Fsp3) is 0.125. The molecule has 0 heterocycles. The van der Waals surface area contributed by atoms with E-state index in [0.717, 1.165) is 5.56 Å². The van der Waals surface area contributed by atoms with Crippen LogP contribution in [-0.4, -0.2) is 18.4 Å². The number of benzene rings is 2. The zero-order valence-corrected chi connectivity index (χ0v) is 13.2. The van der Waals surface area contributed by atoms with Crippen molar-refractivity contribution in [2.75, 3.05) is 11.9 Å². The standard InChI is InChI=1S/C16H14BrFN2O2/c17-12-6-7-14(13(18)9-12)20-16(22)10-19-15(21)8-11-4-2-1-3-5-11/h1-7,9H,8,10H2,(H,19,21)(H,20,22). The first-order valence-corrected chi connectivity index (χ1v) is 7.39. The van der Waals surface area contributed by atoms with E-state index in [1.807, 2.05) is 30.3 Å². The van der Waals surface area contributed by atoms with E-state index in [2.05, 4.69) is 26.6 Å². The molecule has 114 valence electrons. The molecule has 0 saturated heterocycles. The van der Waals surface area contributed by atoms with Gasteiger partial charge in [0.05, 0.1) is 18.7 Å². The van der Waals surface area contributed by atoms with Crippen molar-refractivity contribution in [3.05, 3.63) is 64.4 Å². The molecule has 2 rings (SSSR count). The molecule has 6 heteroatoms. The van der Waals surface area contributed by atoms with Gasteiger partial charge in [-0.15, -0.1) is 0 Å². The Morgan fingerprint density at radius 1 is 1.05 bits per heavy atom. The summed E-state index contributed by atoms with van der Waals surface area (Å²) in [6, 6.07) is 13.5. The lowest BCUT2D eigenvalue weighted by atomic mass is 10.1. The average molecular weight is 365 g/mol. The quantitative estimate of drug-likeness (QED) is 0.856. The minimum absolute atomic E-state index is 0.0745. The summed E-state index contributed by atoms with van der Waals surface area (Å²) in [4.78, 5) is 23.4. The molecule has 2 amide bonds. The van der Waals surface area contributed by atoms with E-state index < -0.39 is 11.7 Å². The predicted molar refractivity (Wildman–Crippen MR) is 85.9 cm³/mol. The van der Waals surface area contributed by atoms with Gasteiger partial charge < -0.3 is 10.6 Å². The Hall–Kier alpha value is -2.21. The highest BCUT2D eigenvalue weighted by molar-refractivity contribution is 9.10. The van der Waals surface area contributed by atoms with Gasteiger partial charge in [0.2, 0.25) is 11.8 Å². The van der Waals surface area contributed by atoms with Crippen LogP contribution in [0.1, 0.15) is 5.56 Å². The van der Waals surface area contributed by atoms with Crippen LogP contribution in [0.2, 0.25) is 0 Å². The summed E-state index contributed by atoms with van der Waals surface area (Å²) in [5.41, 5.74) is 0.935. The third kappa shape index (κ3) is 4.96. The van der Waals surface area contributed by atoms with Crippen molar-refractivity contribution >= 4 is 33.4 Å². The van der Waals surface area contributed by atoms with Crippen molar-refractivity contribution < 1.29 is 14.0 Å². The zero-order chi connectivity index (χ0) is 15.9. The molecule has 0 unspecified atom stereocenters. The van der Waals surface area contributed by atoms with E-state index in [1.165, 1.54) is 12.1 Å². The molecule has 0 fully saturated rings. The van der Waals surface area contributed by atoms with Gasteiger partial charge in [0.25, 0.3) is 0 Å². The molecule has 0 saturated carbocycles. The van der Waals surface area contributed by atoms with Crippen molar-refractivity contribution in [1.29, 1.82) is 0 Å². The summed E-state index contributed by atoms with van der Waals surface area (Å²) in [6.45, 7) is -0.207. The lowest BCUT2D eigenvalue weighted by molar-refractivity contribution is -0.123. The van der Waals surface area contributed by atoms with Crippen LogP contribution in [0.15, 0.2) is 53.0 Å². The summed E-state index contributed by atoms with van der Waals surface area (Å²) < 4.78 is 14.1. The number of carbonyl (C=O) groups excluding carboxylic acids is 2. The number of rotatable bonds is 5. The Kier molecular flexibility index (Phi) is 5.66. The molecule has 0 atom stereocenters. The Morgan fingerprint density at radius 3 is 2.45 bits per heavy atom. The highest BCUT2D eigenvalue weighted by Gasteiger charge is 2.09. The van der Waals surface area contributed by atoms with Crippen LogP contribution in [0, 0.1) is 5.82 Å². The second kappa shape index (κ2) is 7.70. The van der Waals surface area contributed by atoms with Crippen molar-refractivity contribution in [2.24, 2.45) is 0 Å². The molecule has 0 aliphatic carbocycles. The summed E-state index contributed by atoms with van der Waals surface area (Å²) >= 11 is 3.13. The minimum Gasteiger partial charge on any atom is -0.347 e. The Bertz CT molecular complexity index is 677.